The second-order valence-corrected chi connectivity index (χ2v) is 4.51. The van der Waals surface area contributed by atoms with Crippen molar-refractivity contribution < 1.29 is 14.6 Å². The van der Waals surface area contributed by atoms with Gasteiger partial charge in [-0.15, -0.1) is 0 Å². The molecule has 1 N–H and O–H groups in total. The Kier molecular flexibility index (Phi) is 2.86. The molecule has 1 aliphatic rings. The van der Waals surface area contributed by atoms with Gasteiger partial charge in [-0.25, -0.2) is 4.79 Å². The van der Waals surface area contributed by atoms with Gasteiger partial charge in [-0.1, -0.05) is 19.9 Å². The zero-order valence-electron chi connectivity index (χ0n) is 9.56. The number of rotatable bonds is 3. The van der Waals surface area contributed by atoms with Gasteiger partial charge in [-0.3, -0.25) is 0 Å². The van der Waals surface area contributed by atoms with E-state index in [9.17, 15) is 4.79 Å². The Morgan fingerprint density at radius 2 is 2.25 bits per heavy atom. The average Bonchev–Trinajstić information content (AvgIpc) is 2.52. The number of aliphatic carboxylic acids is 1. The number of hydrogen-bond acceptors (Lipinski definition) is 2. The second kappa shape index (κ2) is 4.16. The lowest BCUT2D eigenvalue weighted by Gasteiger charge is -2.10. The van der Waals surface area contributed by atoms with Crippen LogP contribution in [0.25, 0.3) is 0 Å². The fraction of sp³-hybridized carbons (Fsp3) is 0.462. The van der Waals surface area contributed by atoms with E-state index < -0.39 is 5.97 Å². The van der Waals surface area contributed by atoms with Gasteiger partial charge in [0, 0.05) is 0 Å². The molecular formula is C13H16O3. The number of carboxylic acid groups (broad SMARTS) is 1. The summed E-state index contributed by atoms with van der Waals surface area (Å²) < 4.78 is 5.18. The molecule has 16 heavy (non-hydrogen) atoms. The molecule has 0 aromatic heterocycles. The molecule has 1 aromatic rings. The summed E-state index contributed by atoms with van der Waals surface area (Å²) in [5, 5.41) is 8.54. The average molecular weight is 220 g/mol. The zero-order chi connectivity index (χ0) is 11.7. The van der Waals surface area contributed by atoms with E-state index in [2.05, 4.69) is 13.8 Å². The fourth-order valence-electron chi connectivity index (χ4n) is 2.25. The molecule has 0 radical (unpaired) electrons. The van der Waals surface area contributed by atoms with Crippen molar-refractivity contribution in [2.75, 3.05) is 6.61 Å². The first-order valence-electron chi connectivity index (χ1n) is 5.55. The van der Waals surface area contributed by atoms with Crippen molar-refractivity contribution in [3.05, 3.63) is 29.3 Å². The number of hydrogen-bond donors (Lipinski definition) is 1. The third-order valence-corrected chi connectivity index (χ3v) is 3.37. The summed E-state index contributed by atoms with van der Waals surface area (Å²) in [5.74, 6) is 0.900. The molecule has 1 aromatic carbocycles. The first-order valence-corrected chi connectivity index (χ1v) is 5.55. The minimum Gasteiger partial charge on any atom is -0.482 e. The molecule has 0 fully saturated rings. The van der Waals surface area contributed by atoms with Crippen molar-refractivity contribution in [1.29, 1.82) is 0 Å². The van der Waals surface area contributed by atoms with E-state index in [1.165, 1.54) is 11.1 Å². The van der Waals surface area contributed by atoms with Crippen LogP contribution in [0.15, 0.2) is 18.2 Å². The predicted octanol–water partition coefficient (Wildman–Crippen LogP) is 2.45. The highest BCUT2D eigenvalue weighted by Crippen LogP contribution is 2.38. The van der Waals surface area contributed by atoms with Crippen LogP contribution in [0.4, 0.5) is 0 Å². The van der Waals surface area contributed by atoms with Crippen molar-refractivity contribution in [1.82, 2.24) is 0 Å². The fourth-order valence-corrected chi connectivity index (χ4v) is 2.25. The molecule has 1 unspecified atom stereocenters. The first-order chi connectivity index (χ1) is 7.58. The maximum absolute atomic E-state index is 10.4. The first kappa shape index (κ1) is 11.0. The van der Waals surface area contributed by atoms with Crippen LogP contribution in [0.5, 0.6) is 5.75 Å². The van der Waals surface area contributed by atoms with Gasteiger partial charge in [0.05, 0.1) is 0 Å². The topological polar surface area (TPSA) is 46.5 Å². The lowest BCUT2D eigenvalue weighted by molar-refractivity contribution is -0.139. The van der Waals surface area contributed by atoms with E-state index in [1.54, 1.807) is 0 Å². The number of fused-ring (bicyclic) bond motifs is 1. The molecule has 86 valence electrons. The standard InChI is InChI=1S/C13H16O3/c1-8-5-10-3-4-11(16-7-13(14)15)6-12(10)9(8)2/h3-4,6,8-9H,5,7H2,1-2H3,(H,14,15)/t8?,9-/m0/s1. The minimum atomic E-state index is -0.943. The Bertz CT molecular complexity index is 412. The van der Waals surface area contributed by atoms with Gasteiger partial charge in [-0.05, 0) is 41.5 Å². The highest BCUT2D eigenvalue weighted by atomic mass is 16.5. The molecule has 0 spiro atoms. The summed E-state index contributed by atoms with van der Waals surface area (Å²) in [7, 11) is 0. The Hall–Kier alpha value is -1.51. The Morgan fingerprint density at radius 1 is 1.50 bits per heavy atom. The maximum atomic E-state index is 10.4. The van der Waals surface area contributed by atoms with Gasteiger partial charge in [0.25, 0.3) is 0 Å². The highest BCUT2D eigenvalue weighted by molar-refractivity contribution is 5.68. The summed E-state index contributed by atoms with van der Waals surface area (Å²) in [6.07, 6.45) is 1.11. The van der Waals surface area contributed by atoms with Crippen molar-refractivity contribution in [2.45, 2.75) is 26.2 Å². The smallest absolute Gasteiger partial charge is 0.341 e. The van der Waals surface area contributed by atoms with E-state index in [0.29, 0.717) is 17.6 Å². The van der Waals surface area contributed by atoms with Crippen LogP contribution in [0.2, 0.25) is 0 Å². The van der Waals surface area contributed by atoms with Crippen LogP contribution >= 0.6 is 0 Å². The SMILES string of the molecule is CC1Cc2ccc(OCC(=O)O)cc2[C@H]1C. The molecular weight excluding hydrogens is 204 g/mol. The van der Waals surface area contributed by atoms with Crippen LogP contribution in [0.1, 0.15) is 30.9 Å². The Morgan fingerprint density at radius 3 is 2.94 bits per heavy atom. The van der Waals surface area contributed by atoms with E-state index in [0.717, 1.165) is 6.42 Å². The monoisotopic (exact) mass is 220 g/mol. The van der Waals surface area contributed by atoms with E-state index in [4.69, 9.17) is 9.84 Å². The van der Waals surface area contributed by atoms with Crippen molar-refractivity contribution in [3.8, 4) is 5.75 Å². The largest absolute Gasteiger partial charge is 0.482 e. The molecule has 3 heteroatoms. The van der Waals surface area contributed by atoms with Crippen molar-refractivity contribution in [2.24, 2.45) is 5.92 Å². The second-order valence-electron chi connectivity index (χ2n) is 4.51. The van der Waals surface area contributed by atoms with Gasteiger partial charge in [-0.2, -0.15) is 0 Å². The number of benzene rings is 1. The molecule has 2 atom stereocenters. The molecule has 1 aliphatic carbocycles. The van der Waals surface area contributed by atoms with Crippen LogP contribution < -0.4 is 4.74 Å². The van der Waals surface area contributed by atoms with Crippen LogP contribution in [0.3, 0.4) is 0 Å². The van der Waals surface area contributed by atoms with Crippen molar-refractivity contribution in [3.63, 3.8) is 0 Å². The normalized spacial score (nSPS) is 22.9. The summed E-state index contributed by atoms with van der Waals surface area (Å²) in [6, 6.07) is 5.88. The molecule has 0 bridgehead atoms. The molecule has 0 saturated heterocycles. The zero-order valence-corrected chi connectivity index (χ0v) is 9.56. The number of carboxylic acids is 1. The number of ether oxygens (including phenoxy) is 1. The minimum absolute atomic E-state index is 0.275. The third-order valence-electron chi connectivity index (χ3n) is 3.37. The summed E-state index contributed by atoms with van der Waals surface area (Å²) in [4.78, 5) is 10.4. The van der Waals surface area contributed by atoms with Gasteiger partial charge < -0.3 is 9.84 Å². The van der Waals surface area contributed by atoms with Gasteiger partial charge >= 0.3 is 5.97 Å². The lowest BCUT2D eigenvalue weighted by Crippen LogP contribution is -2.09. The third kappa shape index (κ3) is 2.03. The molecule has 2 rings (SSSR count). The quantitative estimate of drug-likeness (QED) is 0.851. The predicted molar refractivity (Wildman–Crippen MR) is 60.9 cm³/mol. The highest BCUT2D eigenvalue weighted by Gasteiger charge is 2.25. The van der Waals surface area contributed by atoms with E-state index >= 15 is 0 Å². The summed E-state index contributed by atoms with van der Waals surface area (Å²) in [6.45, 7) is 4.17. The maximum Gasteiger partial charge on any atom is 0.341 e. The molecule has 0 amide bonds. The van der Waals surface area contributed by atoms with Crippen molar-refractivity contribution >= 4 is 5.97 Å². The van der Waals surface area contributed by atoms with Crippen LogP contribution in [-0.4, -0.2) is 17.7 Å². The van der Waals surface area contributed by atoms with Crippen LogP contribution in [0, 0.1) is 5.92 Å². The lowest BCUT2D eigenvalue weighted by atomic mass is 9.96. The number of carbonyl (C=O) groups is 1. The summed E-state index contributed by atoms with van der Waals surface area (Å²) in [5.41, 5.74) is 2.66. The van der Waals surface area contributed by atoms with E-state index in [1.807, 2.05) is 18.2 Å². The van der Waals surface area contributed by atoms with Gasteiger partial charge in [0.1, 0.15) is 5.75 Å². The van der Waals surface area contributed by atoms with Gasteiger partial charge in [0.2, 0.25) is 0 Å². The summed E-state index contributed by atoms with van der Waals surface area (Å²) >= 11 is 0. The Balaban J connectivity index is 2.17. The van der Waals surface area contributed by atoms with Crippen LogP contribution in [-0.2, 0) is 11.2 Å². The van der Waals surface area contributed by atoms with E-state index in [-0.39, 0.29) is 6.61 Å². The Labute approximate surface area is 95.0 Å². The van der Waals surface area contributed by atoms with Gasteiger partial charge in [0.15, 0.2) is 6.61 Å². The molecule has 3 nitrogen and oxygen atoms in total. The molecule has 0 heterocycles. The molecule has 0 saturated carbocycles. The molecule has 0 aliphatic heterocycles.